The first-order chi connectivity index (χ1) is 22.0. The standard InChI is InChI=1S/C43H29NO/c1-43(2)37-22-35-31(26-14-6-7-15-27(26)36-23-41(45)29-17-8-9-18-30(29)42(35)36)20-32(37)33-21-34-28-16-10-11-19-39(28)44(40(34)24-38(33)43)25-12-4-3-5-13-25/h3-24,45H,1-2H3. The Morgan fingerprint density at radius 3 is 1.76 bits per heavy atom. The lowest BCUT2D eigenvalue weighted by Crippen LogP contribution is -2.15. The van der Waals surface area contributed by atoms with Crippen molar-refractivity contribution in [3.8, 4) is 22.6 Å². The highest BCUT2D eigenvalue weighted by molar-refractivity contribution is 6.32. The minimum absolute atomic E-state index is 0.199. The summed E-state index contributed by atoms with van der Waals surface area (Å²) in [7, 11) is 0. The van der Waals surface area contributed by atoms with E-state index < -0.39 is 0 Å². The molecule has 1 aliphatic rings. The summed E-state index contributed by atoms with van der Waals surface area (Å²) in [5.74, 6) is 0.328. The van der Waals surface area contributed by atoms with Gasteiger partial charge in [-0.2, -0.15) is 0 Å². The topological polar surface area (TPSA) is 25.2 Å². The third-order valence-corrected chi connectivity index (χ3v) is 10.4. The van der Waals surface area contributed by atoms with Gasteiger partial charge in [-0.1, -0.05) is 98.8 Å². The molecule has 45 heavy (non-hydrogen) atoms. The van der Waals surface area contributed by atoms with Crippen molar-refractivity contribution in [1.82, 2.24) is 4.57 Å². The van der Waals surface area contributed by atoms with Crippen LogP contribution in [-0.4, -0.2) is 9.67 Å². The van der Waals surface area contributed by atoms with Crippen LogP contribution in [0.4, 0.5) is 0 Å². The molecule has 0 aliphatic heterocycles. The van der Waals surface area contributed by atoms with E-state index in [1.54, 1.807) is 0 Å². The largest absolute Gasteiger partial charge is 0.507 e. The first kappa shape index (κ1) is 24.8. The SMILES string of the molecule is CC1(C)c2cc3c(cc2-c2cc4c5ccccc5n(-c5ccccc5)c4cc21)c1ccccc1c1cc(O)c2ccccc2c31. The lowest BCUT2D eigenvalue weighted by molar-refractivity contribution is 0.482. The van der Waals surface area contributed by atoms with E-state index in [9.17, 15) is 5.11 Å². The van der Waals surface area contributed by atoms with E-state index in [1.165, 1.54) is 76.7 Å². The molecular formula is C43H29NO. The van der Waals surface area contributed by atoms with Gasteiger partial charge in [0.05, 0.1) is 11.0 Å². The number of aromatic nitrogens is 1. The molecule has 1 aromatic heterocycles. The summed E-state index contributed by atoms with van der Waals surface area (Å²) in [5, 5.41) is 22.8. The summed E-state index contributed by atoms with van der Waals surface area (Å²) < 4.78 is 2.42. The average Bonchev–Trinajstić information content (AvgIpc) is 3.51. The fourth-order valence-electron chi connectivity index (χ4n) is 8.34. The third-order valence-electron chi connectivity index (χ3n) is 10.4. The van der Waals surface area contributed by atoms with Gasteiger partial charge in [-0.15, -0.1) is 0 Å². The molecule has 1 N–H and O–H groups in total. The van der Waals surface area contributed by atoms with Crippen LogP contribution >= 0.6 is 0 Å². The molecule has 0 saturated carbocycles. The second-order valence-corrected chi connectivity index (χ2v) is 13.1. The van der Waals surface area contributed by atoms with Crippen LogP contribution in [0.5, 0.6) is 5.75 Å². The van der Waals surface area contributed by atoms with E-state index in [2.05, 4.69) is 134 Å². The van der Waals surface area contributed by atoms with Gasteiger partial charge in [-0.3, -0.25) is 0 Å². The molecule has 10 rings (SSSR count). The first-order valence-corrected chi connectivity index (χ1v) is 15.7. The fourth-order valence-corrected chi connectivity index (χ4v) is 8.34. The van der Waals surface area contributed by atoms with Gasteiger partial charge in [0.15, 0.2) is 0 Å². The molecular weight excluding hydrogens is 546 g/mol. The minimum Gasteiger partial charge on any atom is -0.507 e. The smallest absolute Gasteiger partial charge is 0.124 e. The molecule has 0 amide bonds. The van der Waals surface area contributed by atoms with Crippen molar-refractivity contribution < 1.29 is 5.11 Å². The van der Waals surface area contributed by atoms with Gasteiger partial charge in [0, 0.05) is 27.3 Å². The zero-order valence-electron chi connectivity index (χ0n) is 25.1. The summed E-state index contributed by atoms with van der Waals surface area (Å²) in [6.45, 7) is 4.75. The maximum absolute atomic E-state index is 11.1. The molecule has 0 fully saturated rings. The molecule has 2 nitrogen and oxygen atoms in total. The number of hydrogen-bond acceptors (Lipinski definition) is 1. The highest BCUT2D eigenvalue weighted by Crippen LogP contribution is 2.54. The zero-order chi connectivity index (χ0) is 30.0. The van der Waals surface area contributed by atoms with E-state index >= 15 is 0 Å². The van der Waals surface area contributed by atoms with Gasteiger partial charge in [0.25, 0.3) is 0 Å². The van der Waals surface area contributed by atoms with Crippen LogP contribution in [0.2, 0.25) is 0 Å². The minimum atomic E-state index is -0.199. The summed E-state index contributed by atoms with van der Waals surface area (Å²) in [6, 6.07) is 48.2. The Hall–Kier alpha value is -5.60. The van der Waals surface area contributed by atoms with E-state index in [0.29, 0.717) is 5.75 Å². The summed E-state index contributed by atoms with van der Waals surface area (Å²) in [5.41, 5.74) is 8.79. The number of benzene rings is 8. The second kappa shape index (κ2) is 8.52. The van der Waals surface area contributed by atoms with Crippen molar-refractivity contribution in [3.05, 3.63) is 145 Å². The number of hydrogen-bond donors (Lipinski definition) is 1. The molecule has 0 spiro atoms. The van der Waals surface area contributed by atoms with Crippen LogP contribution in [0.25, 0.3) is 81.7 Å². The third kappa shape index (κ3) is 3.13. The maximum Gasteiger partial charge on any atom is 0.124 e. The second-order valence-electron chi connectivity index (χ2n) is 13.1. The summed E-state index contributed by atoms with van der Waals surface area (Å²) in [4.78, 5) is 0. The number of phenols is 1. The molecule has 0 radical (unpaired) electrons. The quantitative estimate of drug-likeness (QED) is 0.194. The Balaban J connectivity index is 1.36. The number of rotatable bonds is 1. The molecule has 1 aliphatic carbocycles. The number of aromatic hydroxyl groups is 1. The molecule has 8 aromatic carbocycles. The van der Waals surface area contributed by atoms with Gasteiger partial charge in [-0.25, -0.2) is 0 Å². The Kier molecular flexibility index (Phi) is 4.70. The molecule has 9 aromatic rings. The van der Waals surface area contributed by atoms with Crippen LogP contribution < -0.4 is 0 Å². The molecule has 0 unspecified atom stereocenters. The van der Waals surface area contributed by atoms with Gasteiger partial charge in [0.1, 0.15) is 5.75 Å². The van der Waals surface area contributed by atoms with Crippen molar-refractivity contribution in [2.75, 3.05) is 0 Å². The van der Waals surface area contributed by atoms with Gasteiger partial charge in [0.2, 0.25) is 0 Å². The molecule has 0 bridgehead atoms. The Morgan fingerprint density at radius 1 is 0.444 bits per heavy atom. The lowest BCUT2D eigenvalue weighted by Gasteiger charge is -2.23. The first-order valence-electron chi connectivity index (χ1n) is 15.7. The summed E-state index contributed by atoms with van der Waals surface area (Å²) >= 11 is 0. The molecule has 212 valence electrons. The Labute approximate surface area is 260 Å². The van der Waals surface area contributed by atoms with Crippen molar-refractivity contribution >= 4 is 64.9 Å². The predicted molar refractivity (Wildman–Crippen MR) is 190 cm³/mol. The van der Waals surface area contributed by atoms with E-state index in [0.717, 1.165) is 16.2 Å². The van der Waals surface area contributed by atoms with Crippen LogP contribution in [0, 0.1) is 0 Å². The van der Waals surface area contributed by atoms with Crippen molar-refractivity contribution in [2.24, 2.45) is 0 Å². The number of fused-ring (bicyclic) bond motifs is 14. The van der Waals surface area contributed by atoms with Gasteiger partial charge >= 0.3 is 0 Å². The summed E-state index contributed by atoms with van der Waals surface area (Å²) in [6.07, 6.45) is 0. The van der Waals surface area contributed by atoms with Crippen molar-refractivity contribution in [1.29, 1.82) is 0 Å². The highest BCUT2D eigenvalue weighted by atomic mass is 16.3. The van der Waals surface area contributed by atoms with E-state index in [4.69, 9.17) is 0 Å². The van der Waals surface area contributed by atoms with Gasteiger partial charge < -0.3 is 9.67 Å². The number of phenolic OH excluding ortho intramolecular Hbond substituents is 1. The maximum atomic E-state index is 11.1. The van der Waals surface area contributed by atoms with Crippen molar-refractivity contribution in [3.63, 3.8) is 0 Å². The normalized spacial score (nSPS) is 13.8. The number of para-hydroxylation sites is 2. The van der Waals surface area contributed by atoms with Crippen LogP contribution in [0.1, 0.15) is 25.0 Å². The monoisotopic (exact) mass is 575 g/mol. The van der Waals surface area contributed by atoms with Crippen molar-refractivity contribution in [2.45, 2.75) is 19.3 Å². The number of nitrogens with zero attached hydrogens (tertiary/aromatic N) is 1. The lowest BCUT2D eigenvalue weighted by atomic mass is 9.80. The molecule has 1 heterocycles. The molecule has 0 saturated heterocycles. The van der Waals surface area contributed by atoms with Crippen LogP contribution in [-0.2, 0) is 5.41 Å². The predicted octanol–water partition coefficient (Wildman–Crippen LogP) is 11.4. The highest BCUT2D eigenvalue weighted by Gasteiger charge is 2.37. The van der Waals surface area contributed by atoms with Crippen LogP contribution in [0.3, 0.4) is 0 Å². The van der Waals surface area contributed by atoms with Gasteiger partial charge in [-0.05, 0) is 108 Å². The molecule has 2 heteroatoms. The average molecular weight is 576 g/mol. The van der Waals surface area contributed by atoms with E-state index in [1.807, 2.05) is 18.2 Å². The Morgan fingerprint density at radius 2 is 1.00 bits per heavy atom. The van der Waals surface area contributed by atoms with Crippen LogP contribution in [0.15, 0.2) is 133 Å². The molecule has 0 atom stereocenters. The zero-order valence-corrected chi connectivity index (χ0v) is 25.1. The fraction of sp³-hybridized carbons (Fsp3) is 0.0698. The van der Waals surface area contributed by atoms with E-state index in [-0.39, 0.29) is 5.41 Å². The Bertz CT molecular complexity index is 2730.